The summed E-state index contributed by atoms with van der Waals surface area (Å²) in [6, 6.07) is -0.105. The minimum Gasteiger partial charge on any atom is -0.388 e. The molecule has 10 heteroatoms. The van der Waals surface area contributed by atoms with Gasteiger partial charge in [-0.05, 0) is 19.9 Å². The minimum atomic E-state index is -4.60. The summed E-state index contributed by atoms with van der Waals surface area (Å²) in [4.78, 5) is 7.05. The van der Waals surface area contributed by atoms with E-state index in [9.17, 15) is 23.4 Å². The second-order valence-electron chi connectivity index (χ2n) is 5.75. The molecule has 1 fully saturated rings. The van der Waals surface area contributed by atoms with Crippen molar-refractivity contribution in [1.29, 1.82) is 0 Å². The number of alkyl halides is 3. The third-order valence-corrected chi connectivity index (χ3v) is 3.49. The fourth-order valence-corrected chi connectivity index (χ4v) is 2.20. The van der Waals surface area contributed by atoms with Gasteiger partial charge in [-0.15, -0.1) is 0 Å². The first-order chi connectivity index (χ1) is 11.2. The first kappa shape index (κ1) is 18.8. The number of aromatic nitrogens is 2. The van der Waals surface area contributed by atoms with E-state index in [1.54, 1.807) is 0 Å². The van der Waals surface area contributed by atoms with E-state index in [0.29, 0.717) is 0 Å². The van der Waals surface area contributed by atoms with Crippen LogP contribution >= 0.6 is 0 Å². The number of hydrogen-bond donors (Lipinski definition) is 3. The monoisotopic (exact) mass is 351 g/mol. The average molecular weight is 351 g/mol. The van der Waals surface area contributed by atoms with Crippen molar-refractivity contribution in [3.63, 3.8) is 0 Å². The van der Waals surface area contributed by atoms with Crippen LogP contribution in [0, 0.1) is 0 Å². The Morgan fingerprint density at radius 2 is 2.08 bits per heavy atom. The van der Waals surface area contributed by atoms with E-state index >= 15 is 0 Å². The van der Waals surface area contributed by atoms with E-state index < -0.39 is 36.2 Å². The van der Waals surface area contributed by atoms with Gasteiger partial charge in [0.1, 0.15) is 24.0 Å². The van der Waals surface area contributed by atoms with E-state index in [2.05, 4.69) is 15.3 Å². The van der Waals surface area contributed by atoms with Crippen molar-refractivity contribution in [2.75, 3.05) is 18.5 Å². The third-order valence-electron chi connectivity index (χ3n) is 3.49. The Morgan fingerprint density at radius 1 is 1.38 bits per heavy atom. The molecule has 7 nitrogen and oxygen atoms in total. The summed E-state index contributed by atoms with van der Waals surface area (Å²) in [6.07, 6.45) is -6.93. The summed E-state index contributed by atoms with van der Waals surface area (Å²) >= 11 is 0. The first-order valence-corrected chi connectivity index (χ1v) is 7.44. The zero-order chi connectivity index (χ0) is 17.9. The molecule has 24 heavy (non-hydrogen) atoms. The molecule has 1 aromatic rings. The van der Waals surface area contributed by atoms with Crippen LogP contribution < -0.4 is 5.32 Å². The Hall–Kier alpha value is -1.49. The molecular formula is C14H20F3N3O4. The van der Waals surface area contributed by atoms with Crippen LogP contribution in [0.2, 0.25) is 0 Å². The minimum absolute atomic E-state index is 0.0377. The molecule has 0 radical (unpaired) electrons. The van der Waals surface area contributed by atoms with Gasteiger partial charge in [-0.25, -0.2) is 9.97 Å². The lowest BCUT2D eigenvalue weighted by Crippen LogP contribution is -2.57. The van der Waals surface area contributed by atoms with Crippen molar-refractivity contribution < 1.29 is 32.9 Å². The molecule has 2 heterocycles. The van der Waals surface area contributed by atoms with Crippen molar-refractivity contribution in [2.45, 2.75) is 50.5 Å². The molecule has 0 bridgehead atoms. The standard InChI is InChI=1S/C14H20F3N3O4/c1-7(2)23-6-9-12(22)11(21)8(5-24-9)19-13-18-4-3-10(20-13)14(15,16)17/h3-4,7-9,11-12,21-22H,5-6H2,1-2H3,(H,18,19,20)/t8-,9+,11+,12-/m0/s1. The lowest BCUT2D eigenvalue weighted by Gasteiger charge is -2.38. The molecule has 0 aromatic carbocycles. The van der Waals surface area contributed by atoms with Gasteiger partial charge in [-0.3, -0.25) is 0 Å². The van der Waals surface area contributed by atoms with E-state index in [1.165, 1.54) is 0 Å². The fourth-order valence-electron chi connectivity index (χ4n) is 2.20. The smallest absolute Gasteiger partial charge is 0.388 e. The topological polar surface area (TPSA) is 96.7 Å². The lowest BCUT2D eigenvalue weighted by atomic mass is 9.98. The van der Waals surface area contributed by atoms with Gasteiger partial charge in [0.15, 0.2) is 0 Å². The van der Waals surface area contributed by atoms with Gasteiger partial charge < -0.3 is 25.0 Å². The molecule has 0 amide bonds. The third kappa shape index (κ3) is 4.76. The zero-order valence-electron chi connectivity index (χ0n) is 13.2. The predicted octanol–water partition coefficient (Wildman–Crippen LogP) is 0.821. The Balaban J connectivity index is 1.99. The van der Waals surface area contributed by atoms with Crippen LogP contribution in [-0.2, 0) is 15.7 Å². The number of nitrogens with one attached hydrogen (secondary N) is 1. The van der Waals surface area contributed by atoms with Crippen molar-refractivity contribution >= 4 is 5.95 Å². The SMILES string of the molecule is CC(C)OC[C@H]1OC[C@H](Nc2nccc(C(F)(F)F)n2)[C@@H](O)[C@H]1O. The second-order valence-corrected chi connectivity index (χ2v) is 5.75. The van der Waals surface area contributed by atoms with Crippen LogP contribution in [0.1, 0.15) is 19.5 Å². The zero-order valence-corrected chi connectivity index (χ0v) is 13.2. The number of hydrogen-bond acceptors (Lipinski definition) is 7. The van der Waals surface area contributed by atoms with Crippen LogP contribution in [0.3, 0.4) is 0 Å². The molecule has 1 saturated heterocycles. The van der Waals surface area contributed by atoms with Crippen molar-refractivity contribution in [1.82, 2.24) is 9.97 Å². The summed E-state index contributed by atoms with van der Waals surface area (Å²) in [5.41, 5.74) is -1.10. The highest BCUT2D eigenvalue weighted by atomic mass is 19.4. The number of rotatable bonds is 5. The van der Waals surface area contributed by atoms with E-state index in [1.807, 2.05) is 13.8 Å². The molecule has 136 valence electrons. The molecule has 1 aliphatic heterocycles. The maximum atomic E-state index is 12.6. The molecular weight excluding hydrogens is 331 g/mol. The highest BCUT2D eigenvalue weighted by molar-refractivity contribution is 5.29. The van der Waals surface area contributed by atoms with Crippen LogP contribution in [0.15, 0.2) is 12.3 Å². The Bertz CT molecular complexity index is 544. The highest BCUT2D eigenvalue weighted by Crippen LogP contribution is 2.28. The maximum Gasteiger partial charge on any atom is 0.433 e. The Morgan fingerprint density at radius 3 is 2.71 bits per heavy atom. The Kier molecular flexibility index (Phi) is 5.97. The van der Waals surface area contributed by atoms with Gasteiger partial charge in [0.2, 0.25) is 5.95 Å². The predicted molar refractivity (Wildman–Crippen MR) is 77.3 cm³/mol. The summed E-state index contributed by atoms with van der Waals surface area (Å²) in [7, 11) is 0. The quantitative estimate of drug-likeness (QED) is 0.723. The van der Waals surface area contributed by atoms with Crippen molar-refractivity contribution in [2.24, 2.45) is 0 Å². The van der Waals surface area contributed by atoms with Crippen LogP contribution in [0.4, 0.5) is 19.1 Å². The number of nitrogens with zero attached hydrogens (tertiary/aromatic N) is 2. The molecule has 1 aromatic heterocycles. The van der Waals surface area contributed by atoms with Gasteiger partial charge in [-0.1, -0.05) is 0 Å². The summed E-state index contributed by atoms with van der Waals surface area (Å²) in [5.74, 6) is -0.304. The average Bonchev–Trinajstić information content (AvgIpc) is 2.50. The molecule has 0 aliphatic carbocycles. The van der Waals surface area contributed by atoms with Crippen LogP contribution in [0.5, 0.6) is 0 Å². The van der Waals surface area contributed by atoms with Gasteiger partial charge in [0.25, 0.3) is 0 Å². The number of halogens is 3. The van der Waals surface area contributed by atoms with Crippen molar-refractivity contribution in [3.05, 3.63) is 18.0 Å². The van der Waals surface area contributed by atoms with Gasteiger partial charge in [0, 0.05) is 6.20 Å². The van der Waals surface area contributed by atoms with Gasteiger partial charge >= 0.3 is 6.18 Å². The Labute approximate surface area is 136 Å². The highest BCUT2D eigenvalue weighted by Gasteiger charge is 2.39. The van der Waals surface area contributed by atoms with Gasteiger partial charge in [-0.2, -0.15) is 13.2 Å². The molecule has 0 spiro atoms. The molecule has 3 N–H and O–H groups in total. The number of aliphatic hydroxyl groups excluding tert-OH is 2. The van der Waals surface area contributed by atoms with Crippen molar-refractivity contribution in [3.8, 4) is 0 Å². The maximum absolute atomic E-state index is 12.6. The summed E-state index contributed by atoms with van der Waals surface area (Å²) in [6.45, 7) is 3.70. The summed E-state index contributed by atoms with van der Waals surface area (Å²) < 4.78 is 48.7. The molecule has 4 atom stereocenters. The molecule has 0 saturated carbocycles. The number of aliphatic hydroxyl groups is 2. The first-order valence-electron chi connectivity index (χ1n) is 7.44. The fraction of sp³-hybridized carbons (Fsp3) is 0.714. The number of anilines is 1. The van der Waals surface area contributed by atoms with Gasteiger partial charge in [0.05, 0.1) is 25.4 Å². The van der Waals surface area contributed by atoms with E-state index in [-0.39, 0.29) is 25.3 Å². The molecule has 1 aliphatic rings. The van der Waals surface area contributed by atoms with E-state index in [4.69, 9.17) is 9.47 Å². The number of ether oxygens (including phenoxy) is 2. The lowest BCUT2D eigenvalue weighted by molar-refractivity contribution is -0.163. The van der Waals surface area contributed by atoms with E-state index in [0.717, 1.165) is 12.3 Å². The summed E-state index contributed by atoms with van der Waals surface area (Å²) in [5, 5.41) is 22.8. The largest absolute Gasteiger partial charge is 0.433 e. The molecule has 0 unspecified atom stereocenters. The normalized spacial score (nSPS) is 28.2. The second kappa shape index (κ2) is 7.60. The molecule has 2 rings (SSSR count). The van der Waals surface area contributed by atoms with Crippen LogP contribution in [0.25, 0.3) is 0 Å². The van der Waals surface area contributed by atoms with Crippen LogP contribution in [-0.4, -0.2) is 63.9 Å².